The number of carbonyl (C=O) groups excluding carboxylic acids is 1. The van der Waals surface area contributed by atoms with Crippen LogP contribution in [0.25, 0.3) is 0 Å². The van der Waals surface area contributed by atoms with Gasteiger partial charge in [-0.25, -0.2) is 14.4 Å². The van der Waals surface area contributed by atoms with Crippen molar-refractivity contribution in [2.24, 2.45) is 0 Å². The molecule has 0 unspecified atom stereocenters. The highest BCUT2D eigenvalue weighted by Gasteiger charge is 2.18. The maximum absolute atomic E-state index is 14.0. The Morgan fingerprint density at radius 3 is 2.71 bits per heavy atom. The van der Waals surface area contributed by atoms with Gasteiger partial charge in [-0.05, 0) is 41.1 Å². The molecule has 1 N–H and O–H groups in total. The molecule has 0 saturated carbocycles. The molecule has 1 heterocycles. The summed E-state index contributed by atoms with van der Waals surface area (Å²) in [4.78, 5) is 22.0. The van der Waals surface area contributed by atoms with Gasteiger partial charge >= 0.3 is 0 Å². The Balaban J connectivity index is 1.94. The van der Waals surface area contributed by atoms with Crippen molar-refractivity contribution >= 4 is 46.6 Å². The number of thioether (sulfide) groups is 1. The molecule has 0 spiro atoms. The fraction of sp³-hybridized carbons (Fsp3) is 0.150. The molecule has 0 saturated heterocycles. The number of carbonyl (C=O) groups is 1. The topological polar surface area (TPSA) is 54.9 Å². The summed E-state index contributed by atoms with van der Waals surface area (Å²) >= 11 is 13.7. The van der Waals surface area contributed by atoms with Crippen LogP contribution in [-0.4, -0.2) is 21.6 Å². The molecular weight excluding hydrogens is 420 g/mol. The smallest absolute Gasteiger partial charge is 0.259 e. The highest BCUT2D eigenvalue weighted by Crippen LogP contribution is 2.27. The van der Waals surface area contributed by atoms with E-state index in [2.05, 4.69) is 22.2 Å². The molecule has 2 aromatic carbocycles. The quantitative estimate of drug-likeness (QED) is 0.388. The molecule has 1 aromatic heterocycles. The SMILES string of the molecule is CCSc1ccccc1Cc1nc(Cl)ncc1C(=O)Nc1c(F)cccc1Cl. The van der Waals surface area contributed by atoms with E-state index in [1.165, 1.54) is 24.4 Å². The number of nitrogens with zero attached hydrogens (tertiary/aromatic N) is 2. The summed E-state index contributed by atoms with van der Waals surface area (Å²) in [7, 11) is 0. The lowest BCUT2D eigenvalue weighted by Gasteiger charge is -2.13. The van der Waals surface area contributed by atoms with Gasteiger partial charge in [0, 0.05) is 17.5 Å². The van der Waals surface area contributed by atoms with Crippen LogP contribution >= 0.6 is 35.0 Å². The summed E-state index contributed by atoms with van der Waals surface area (Å²) in [6.07, 6.45) is 1.73. The summed E-state index contributed by atoms with van der Waals surface area (Å²) in [6, 6.07) is 12.1. The molecule has 0 atom stereocenters. The molecule has 28 heavy (non-hydrogen) atoms. The molecule has 0 bridgehead atoms. The third-order valence-electron chi connectivity index (χ3n) is 3.91. The van der Waals surface area contributed by atoms with Crippen molar-refractivity contribution in [3.63, 3.8) is 0 Å². The zero-order valence-corrected chi connectivity index (χ0v) is 17.2. The number of hydrogen-bond donors (Lipinski definition) is 1. The lowest BCUT2D eigenvalue weighted by atomic mass is 10.1. The van der Waals surface area contributed by atoms with E-state index in [-0.39, 0.29) is 21.6 Å². The second kappa shape index (κ2) is 9.37. The molecule has 144 valence electrons. The molecule has 4 nitrogen and oxygen atoms in total. The van der Waals surface area contributed by atoms with Gasteiger partial charge in [-0.2, -0.15) is 0 Å². The molecule has 0 aliphatic rings. The van der Waals surface area contributed by atoms with Crippen molar-refractivity contribution < 1.29 is 9.18 Å². The fourth-order valence-corrected chi connectivity index (χ4v) is 3.81. The van der Waals surface area contributed by atoms with E-state index in [4.69, 9.17) is 23.2 Å². The Labute approximate surface area is 176 Å². The molecule has 8 heteroatoms. The Kier molecular flexibility index (Phi) is 6.88. The second-order valence-corrected chi connectivity index (χ2v) is 7.82. The lowest BCUT2D eigenvalue weighted by molar-refractivity contribution is 0.102. The van der Waals surface area contributed by atoms with E-state index in [1.54, 1.807) is 11.8 Å². The number of para-hydroxylation sites is 1. The van der Waals surface area contributed by atoms with Gasteiger partial charge in [0.15, 0.2) is 0 Å². The second-order valence-electron chi connectivity index (χ2n) is 5.77. The number of halogens is 3. The lowest BCUT2D eigenvalue weighted by Crippen LogP contribution is -2.17. The highest BCUT2D eigenvalue weighted by molar-refractivity contribution is 7.99. The van der Waals surface area contributed by atoms with Crippen LogP contribution in [0.4, 0.5) is 10.1 Å². The number of amides is 1. The highest BCUT2D eigenvalue weighted by atomic mass is 35.5. The summed E-state index contributed by atoms with van der Waals surface area (Å²) < 4.78 is 14.0. The first-order valence-corrected chi connectivity index (χ1v) is 10.2. The van der Waals surface area contributed by atoms with Gasteiger partial charge < -0.3 is 5.32 Å². The maximum Gasteiger partial charge on any atom is 0.259 e. The van der Waals surface area contributed by atoms with Crippen molar-refractivity contribution in [1.82, 2.24) is 9.97 Å². The third-order valence-corrected chi connectivity index (χ3v) is 5.41. The van der Waals surface area contributed by atoms with Crippen LogP contribution in [0.2, 0.25) is 10.3 Å². The van der Waals surface area contributed by atoms with Crippen LogP contribution in [0.3, 0.4) is 0 Å². The Morgan fingerprint density at radius 2 is 1.96 bits per heavy atom. The normalized spacial score (nSPS) is 10.7. The first-order valence-electron chi connectivity index (χ1n) is 8.47. The van der Waals surface area contributed by atoms with Crippen molar-refractivity contribution in [2.75, 3.05) is 11.1 Å². The standard InChI is InChI=1S/C20H16Cl2FN3OS/c1-2-28-17-9-4-3-6-12(17)10-16-13(11-24-20(22)25-16)19(27)26-18-14(21)7-5-8-15(18)23/h3-9,11H,2,10H2,1H3,(H,26,27). The Bertz CT molecular complexity index is 996. The first kappa shape index (κ1) is 20.6. The van der Waals surface area contributed by atoms with Gasteiger partial charge in [0.25, 0.3) is 5.91 Å². The zero-order chi connectivity index (χ0) is 20.1. The fourth-order valence-electron chi connectivity index (χ4n) is 2.64. The molecule has 0 radical (unpaired) electrons. The maximum atomic E-state index is 14.0. The summed E-state index contributed by atoms with van der Waals surface area (Å²) in [5.74, 6) is -0.262. The van der Waals surface area contributed by atoms with Crippen molar-refractivity contribution in [3.8, 4) is 0 Å². The zero-order valence-electron chi connectivity index (χ0n) is 14.9. The number of nitrogens with one attached hydrogen (secondary N) is 1. The van der Waals surface area contributed by atoms with Crippen LogP contribution in [0.15, 0.2) is 53.6 Å². The molecule has 3 rings (SSSR count). The van der Waals surface area contributed by atoms with Crippen molar-refractivity contribution in [1.29, 1.82) is 0 Å². The minimum Gasteiger partial charge on any atom is -0.318 e. The van der Waals surface area contributed by atoms with Crippen LogP contribution in [0.5, 0.6) is 0 Å². The van der Waals surface area contributed by atoms with Crippen molar-refractivity contribution in [3.05, 3.63) is 81.6 Å². The Hall–Kier alpha value is -2.15. The van der Waals surface area contributed by atoms with E-state index in [9.17, 15) is 9.18 Å². The van der Waals surface area contributed by atoms with E-state index >= 15 is 0 Å². The van der Waals surface area contributed by atoms with Crippen LogP contribution in [0.1, 0.15) is 28.5 Å². The predicted molar refractivity (Wildman–Crippen MR) is 112 cm³/mol. The largest absolute Gasteiger partial charge is 0.318 e. The third kappa shape index (κ3) is 4.82. The van der Waals surface area contributed by atoms with Crippen LogP contribution < -0.4 is 5.32 Å². The summed E-state index contributed by atoms with van der Waals surface area (Å²) in [5.41, 5.74) is 1.59. The number of aromatic nitrogens is 2. The number of rotatable bonds is 6. The average molecular weight is 436 g/mol. The summed E-state index contributed by atoms with van der Waals surface area (Å²) in [5, 5.41) is 2.65. The van der Waals surface area contributed by atoms with E-state index in [0.29, 0.717) is 12.1 Å². The molecule has 0 aliphatic carbocycles. The molecule has 3 aromatic rings. The first-order chi connectivity index (χ1) is 13.5. The molecule has 1 amide bonds. The van der Waals surface area contributed by atoms with Crippen molar-refractivity contribution in [2.45, 2.75) is 18.2 Å². The van der Waals surface area contributed by atoms with Gasteiger partial charge in [-0.15, -0.1) is 11.8 Å². The monoisotopic (exact) mass is 435 g/mol. The summed E-state index contributed by atoms with van der Waals surface area (Å²) in [6.45, 7) is 2.07. The number of hydrogen-bond acceptors (Lipinski definition) is 4. The van der Waals surface area contributed by atoms with Gasteiger partial charge in [0.2, 0.25) is 5.28 Å². The molecule has 0 fully saturated rings. The predicted octanol–water partition coefficient (Wildman–Crippen LogP) is 5.88. The Morgan fingerprint density at radius 1 is 1.18 bits per heavy atom. The van der Waals surface area contributed by atoms with Gasteiger partial charge in [0.1, 0.15) is 5.82 Å². The minimum absolute atomic E-state index is 0.0381. The van der Waals surface area contributed by atoms with E-state index in [1.807, 2.05) is 24.3 Å². The average Bonchev–Trinajstić information content (AvgIpc) is 2.66. The van der Waals surface area contributed by atoms with Crippen LogP contribution in [0, 0.1) is 5.82 Å². The van der Waals surface area contributed by atoms with Crippen LogP contribution in [-0.2, 0) is 6.42 Å². The number of anilines is 1. The molecular formula is C20H16Cl2FN3OS. The number of benzene rings is 2. The van der Waals surface area contributed by atoms with E-state index in [0.717, 1.165) is 16.2 Å². The van der Waals surface area contributed by atoms with Gasteiger partial charge in [0.05, 0.1) is 22.0 Å². The van der Waals surface area contributed by atoms with E-state index < -0.39 is 11.7 Å². The minimum atomic E-state index is -0.623. The van der Waals surface area contributed by atoms with Gasteiger partial charge in [-0.1, -0.05) is 42.8 Å². The van der Waals surface area contributed by atoms with Gasteiger partial charge in [-0.3, -0.25) is 4.79 Å². The molecule has 0 aliphatic heterocycles.